The van der Waals surface area contributed by atoms with Crippen LogP contribution in [0.25, 0.3) is 0 Å². The highest BCUT2D eigenvalue weighted by Gasteiger charge is 2.34. The number of ether oxygens (including phenoxy) is 1. The fourth-order valence-electron chi connectivity index (χ4n) is 3.30. The molecule has 3 rings (SSSR count). The Hall–Kier alpha value is -3.94. The average Bonchev–Trinajstić information content (AvgIpc) is 2.74. The van der Waals surface area contributed by atoms with Crippen molar-refractivity contribution in [1.29, 1.82) is 5.26 Å². The van der Waals surface area contributed by atoms with Crippen LogP contribution >= 0.6 is 0 Å². The zero-order chi connectivity index (χ0) is 24.2. The number of nitrogens with two attached hydrogens (primary N) is 1. The normalized spacial score (nSPS) is 18.2. The van der Waals surface area contributed by atoms with Crippen LogP contribution in [0, 0.1) is 11.3 Å². The second-order valence-electron chi connectivity index (χ2n) is 8.63. The third-order valence-electron chi connectivity index (χ3n) is 4.85. The van der Waals surface area contributed by atoms with Crippen molar-refractivity contribution in [3.8, 4) is 6.07 Å². The van der Waals surface area contributed by atoms with Crippen LogP contribution in [-0.2, 0) is 4.74 Å². The number of piperidine rings is 1. The zero-order valence-electron chi connectivity index (χ0n) is 18.6. The monoisotopic (exact) mass is 455 g/mol. The van der Waals surface area contributed by atoms with Gasteiger partial charge in [0.05, 0.1) is 35.5 Å². The van der Waals surface area contributed by atoms with Crippen molar-refractivity contribution < 1.29 is 18.7 Å². The quantitative estimate of drug-likeness (QED) is 0.624. The smallest absolute Gasteiger partial charge is 0.410 e. The van der Waals surface area contributed by atoms with Crippen molar-refractivity contribution >= 4 is 29.3 Å². The maximum atomic E-state index is 14.9. The lowest BCUT2D eigenvalue weighted by molar-refractivity contribution is 0.0125. The summed E-state index contributed by atoms with van der Waals surface area (Å²) in [6.07, 6.45) is 1.10. The van der Waals surface area contributed by atoms with E-state index in [9.17, 15) is 14.0 Å². The molecule has 1 saturated heterocycles. The number of likely N-dealkylation sites (tertiary alicyclic amines) is 1. The Labute approximate surface area is 190 Å². The molecule has 0 bridgehead atoms. The van der Waals surface area contributed by atoms with Crippen LogP contribution in [0.2, 0.25) is 0 Å². The summed E-state index contributed by atoms with van der Waals surface area (Å²) in [5.41, 5.74) is 5.61. The molecule has 4 N–H and O–H groups in total. The van der Waals surface area contributed by atoms with Crippen LogP contribution in [-0.4, -0.2) is 57.8 Å². The van der Waals surface area contributed by atoms with Crippen LogP contribution in [0.15, 0.2) is 30.6 Å². The number of nitriles is 1. The van der Waals surface area contributed by atoms with E-state index in [2.05, 4.69) is 20.6 Å². The van der Waals surface area contributed by atoms with Crippen molar-refractivity contribution in [2.24, 2.45) is 5.73 Å². The molecular weight excluding hydrogens is 429 g/mol. The summed E-state index contributed by atoms with van der Waals surface area (Å²) in [7, 11) is 0. The maximum absolute atomic E-state index is 14.9. The van der Waals surface area contributed by atoms with E-state index in [1.807, 2.05) is 6.07 Å². The topological polar surface area (TPSA) is 146 Å². The van der Waals surface area contributed by atoms with Gasteiger partial charge in [0, 0.05) is 25.0 Å². The number of hydrogen-bond acceptors (Lipinski definition) is 8. The van der Waals surface area contributed by atoms with E-state index in [0.717, 1.165) is 0 Å². The first-order chi connectivity index (χ1) is 15.6. The van der Waals surface area contributed by atoms with Crippen LogP contribution in [0.5, 0.6) is 0 Å². The first-order valence-electron chi connectivity index (χ1n) is 10.4. The van der Waals surface area contributed by atoms with Gasteiger partial charge in [0.2, 0.25) is 0 Å². The molecule has 2 aromatic heterocycles. The summed E-state index contributed by atoms with van der Waals surface area (Å²) in [6.45, 7) is 5.40. The number of carbonyl (C=O) groups excluding carboxylic acids is 2. The Balaban J connectivity index is 1.74. The first kappa shape index (κ1) is 23.7. The summed E-state index contributed by atoms with van der Waals surface area (Å²) in [5, 5.41) is 15.0. The van der Waals surface area contributed by atoms with Crippen molar-refractivity contribution in [3.63, 3.8) is 0 Å². The van der Waals surface area contributed by atoms with Crippen LogP contribution in [0.4, 0.5) is 26.5 Å². The lowest BCUT2D eigenvalue weighted by Gasteiger charge is -2.36. The van der Waals surface area contributed by atoms with E-state index in [1.54, 1.807) is 32.9 Å². The van der Waals surface area contributed by atoms with Crippen molar-refractivity contribution in [2.75, 3.05) is 23.7 Å². The third-order valence-corrected chi connectivity index (χ3v) is 4.85. The van der Waals surface area contributed by atoms with Crippen molar-refractivity contribution in [1.82, 2.24) is 14.9 Å². The number of rotatable bonds is 5. The number of alkyl halides is 1. The molecule has 33 heavy (non-hydrogen) atoms. The molecule has 0 aliphatic carbocycles. The minimum Gasteiger partial charge on any atom is -0.444 e. The Morgan fingerprint density at radius 1 is 1.30 bits per heavy atom. The van der Waals surface area contributed by atoms with E-state index >= 15 is 0 Å². The van der Waals surface area contributed by atoms with Gasteiger partial charge in [-0.2, -0.15) is 5.26 Å². The summed E-state index contributed by atoms with van der Waals surface area (Å²) in [4.78, 5) is 33.7. The van der Waals surface area contributed by atoms with Gasteiger partial charge in [-0.3, -0.25) is 4.79 Å². The van der Waals surface area contributed by atoms with E-state index < -0.39 is 29.8 Å². The van der Waals surface area contributed by atoms with Gasteiger partial charge in [-0.25, -0.2) is 19.2 Å². The number of aromatic nitrogens is 2. The van der Waals surface area contributed by atoms with Crippen molar-refractivity contribution in [3.05, 3.63) is 41.7 Å². The summed E-state index contributed by atoms with van der Waals surface area (Å²) >= 11 is 0. The molecule has 10 nitrogen and oxygen atoms in total. The van der Waals surface area contributed by atoms with E-state index in [0.29, 0.717) is 35.9 Å². The molecule has 2 amide bonds. The molecule has 2 atom stereocenters. The number of primary amides is 1. The van der Waals surface area contributed by atoms with Gasteiger partial charge < -0.3 is 26.0 Å². The molecule has 1 fully saturated rings. The molecule has 174 valence electrons. The molecule has 11 heteroatoms. The molecular formula is C22H26FN7O3. The van der Waals surface area contributed by atoms with Gasteiger partial charge in [0.15, 0.2) is 0 Å². The molecule has 0 radical (unpaired) electrons. The molecule has 3 heterocycles. The average molecular weight is 455 g/mol. The maximum Gasteiger partial charge on any atom is 0.410 e. The largest absolute Gasteiger partial charge is 0.444 e. The molecule has 0 spiro atoms. The Kier molecular flexibility index (Phi) is 6.96. The van der Waals surface area contributed by atoms with Crippen LogP contribution < -0.4 is 16.4 Å². The number of amides is 2. The first-order valence-corrected chi connectivity index (χ1v) is 10.4. The van der Waals surface area contributed by atoms with E-state index in [4.69, 9.17) is 15.7 Å². The number of carbonyl (C=O) groups is 2. The molecule has 0 unspecified atom stereocenters. The fourth-order valence-corrected chi connectivity index (χ4v) is 3.30. The van der Waals surface area contributed by atoms with Gasteiger partial charge in [0.1, 0.15) is 23.4 Å². The van der Waals surface area contributed by atoms with Gasteiger partial charge in [-0.1, -0.05) is 0 Å². The van der Waals surface area contributed by atoms with E-state index in [-0.39, 0.29) is 12.1 Å². The number of nitrogens with one attached hydrogen (secondary N) is 2. The van der Waals surface area contributed by atoms with Gasteiger partial charge in [-0.05, 0) is 39.3 Å². The van der Waals surface area contributed by atoms with Crippen LogP contribution in [0.3, 0.4) is 0 Å². The second kappa shape index (κ2) is 9.68. The van der Waals surface area contributed by atoms with Gasteiger partial charge in [-0.15, -0.1) is 0 Å². The van der Waals surface area contributed by atoms with E-state index in [1.165, 1.54) is 23.4 Å². The predicted molar refractivity (Wildman–Crippen MR) is 120 cm³/mol. The number of hydrogen-bond donors (Lipinski definition) is 3. The minimum atomic E-state index is -1.40. The third kappa shape index (κ3) is 6.29. The fraction of sp³-hybridized carbons (Fsp3) is 0.409. The lowest BCUT2D eigenvalue weighted by Crippen LogP contribution is -2.51. The number of nitrogens with zero attached hydrogens (tertiary/aromatic N) is 4. The number of halogens is 1. The standard InChI is InChI=1S/C22H26FN7O3/c1-22(2,3)33-21(32)30-7-5-16(15(23)12-30)28-17-9-19(27-11-14(17)20(25)31)29-18-8-13(10-24)4-6-26-18/h4,6,8-9,11,15-16H,5,7,12H2,1-3H3,(H2,25,31)(H2,26,27,28,29)/t15-,16+/m0/s1. The SMILES string of the molecule is CC(C)(C)OC(=O)N1CC[C@@H](Nc2cc(Nc3cc(C#N)ccn3)ncc2C(N)=O)[C@@H](F)C1. The predicted octanol–water partition coefficient (Wildman–Crippen LogP) is 2.95. The number of anilines is 3. The van der Waals surface area contributed by atoms with Crippen LogP contribution in [0.1, 0.15) is 43.1 Å². The zero-order valence-corrected chi connectivity index (χ0v) is 18.6. The molecule has 1 aliphatic heterocycles. The summed E-state index contributed by atoms with van der Waals surface area (Å²) in [6, 6.07) is 5.99. The molecule has 0 saturated carbocycles. The Morgan fingerprint density at radius 3 is 2.67 bits per heavy atom. The molecule has 2 aromatic rings. The molecule has 0 aromatic carbocycles. The summed E-state index contributed by atoms with van der Waals surface area (Å²) in [5.74, 6) is -0.0113. The lowest BCUT2D eigenvalue weighted by atomic mass is 10.0. The minimum absolute atomic E-state index is 0.0982. The highest BCUT2D eigenvalue weighted by Crippen LogP contribution is 2.26. The molecule has 1 aliphatic rings. The Morgan fingerprint density at radius 2 is 2.03 bits per heavy atom. The highest BCUT2D eigenvalue weighted by molar-refractivity contribution is 5.98. The van der Waals surface area contributed by atoms with Crippen molar-refractivity contribution in [2.45, 2.75) is 45.0 Å². The summed E-state index contributed by atoms with van der Waals surface area (Å²) < 4.78 is 20.3. The second-order valence-corrected chi connectivity index (χ2v) is 8.63. The van der Waals surface area contributed by atoms with Gasteiger partial charge in [0.25, 0.3) is 5.91 Å². The van der Waals surface area contributed by atoms with Gasteiger partial charge >= 0.3 is 6.09 Å². The highest BCUT2D eigenvalue weighted by atomic mass is 19.1. The Bertz CT molecular complexity index is 1080. The number of pyridine rings is 2.